The number of aliphatic hydroxyl groups is 1. The molecule has 32 heavy (non-hydrogen) atoms. The van der Waals surface area contributed by atoms with E-state index >= 15 is 0 Å². The van der Waals surface area contributed by atoms with E-state index in [2.05, 4.69) is 17.0 Å². The van der Waals surface area contributed by atoms with Crippen LogP contribution >= 0.6 is 0 Å². The molecule has 0 radical (unpaired) electrons. The van der Waals surface area contributed by atoms with Crippen molar-refractivity contribution in [2.75, 3.05) is 13.1 Å². The fraction of sp³-hybridized carbons (Fsp3) is 0.296. The normalized spacial score (nSPS) is 24.9. The molecule has 1 aliphatic heterocycles. The zero-order valence-electron chi connectivity index (χ0n) is 18.0. The first kappa shape index (κ1) is 20.7. The van der Waals surface area contributed by atoms with E-state index in [1.54, 1.807) is 12.1 Å². The Hall–Kier alpha value is -3.15. The summed E-state index contributed by atoms with van der Waals surface area (Å²) in [6.45, 7) is 2.45. The molecule has 1 heterocycles. The predicted octanol–water partition coefficient (Wildman–Crippen LogP) is 4.31. The number of amides is 1. The Morgan fingerprint density at radius 1 is 0.938 bits per heavy atom. The number of ether oxygens (including phenoxy) is 1. The fourth-order valence-corrected chi connectivity index (χ4v) is 5.45. The zero-order valence-corrected chi connectivity index (χ0v) is 18.0. The summed E-state index contributed by atoms with van der Waals surface area (Å²) < 4.78 is 5.99. The number of fused-ring (bicyclic) bond motifs is 2. The molecule has 5 heteroatoms. The largest absolute Gasteiger partial charge is 0.457 e. The van der Waals surface area contributed by atoms with Gasteiger partial charge in [-0.1, -0.05) is 42.5 Å². The lowest BCUT2D eigenvalue weighted by atomic mass is 9.75. The standard InChI is InChI=1S/C27H28N2O3/c28-26(30)20-7-5-8-21(15-20)27(31)22-12-13-23(27)18-29(17-22)16-19-6-4-11-25(14-19)32-24-9-2-1-3-10-24/h1-11,14-15,22-23,31H,12-13,16-18H2,(H2,28,30). The topological polar surface area (TPSA) is 75.8 Å². The zero-order chi connectivity index (χ0) is 22.1. The molecule has 2 aliphatic rings. The molecule has 1 saturated carbocycles. The Kier molecular flexibility index (Phi) is 5.45. The van der Waals surface area contributed by atoms with E-state index in [-0.39, 0.29) is 11.8 Å². The van der Waals surface area contributed by atoms with Gasteiger partial charge in [-0.25, -0.2) is 0 Å². The van der Waals surface area contributed by atoms with Crippen LogP contribution in [-0.2, 0) is 12.1 Å². The van der Waals surface area contributed by atoms with Crippen LogP contribution in [0.5, 0.6) is 11.5 Å². The van der Waals surface area contributed by atoms with Crippen molar-refractivity contribution < 1.29 is 14.6 Å². The van der Waals surface area contributed by atoms with Crippen LogP contribution in [0.4, 0.5) is 0 Å². The summed E-state index contributed by atoms with van der Waals surface area (Å²) in [5, 5.41) is 11.7. The second-order valence-electron chi connectivity index (χ2n) is 9.00. The smallest absolute Gasteiger partial charge is 0.248 e. The maximum atomic E-state index is 11.7. The van der Waals surface area contributed by atoms with Crippen molar-refractivity contribution in [3.63, 3.8) is 0 Å². The summed E-state index contributed by atoms with van der Waals surface area (Å²) >= 11 is 0. The van der Waals surface area contributed by atoms with Gasteiger partial charge in [-0.2, -0.15) is 0 Å². The second-order valence-corrected chi connectivity index (χ2v) is 9.00. The Balaban J connectivity index is 1.31. The number of carbonyl (C=O) groups excluding carboxylic acids is 1. The third kappa shape index (κ3) is 3.90. The first-order valence-electron chi connectivity index (χ1n) is 11.2. The third-order valence-electron chi connectivity index (χ3n) is 6.96. The Morgan fingerprint density at radius 3 is 2.34 bits per heavy atom. The molecule has 0 aromatic heterocycles. The molecule has 2 fully saturated rings. The lowest BCUT2D eigenvalue weighted by Gasteiger charge is -2.45. The molecule has 2 unspecified atom stereocenters. The monoisotopic (exact) mass is 428 g/mol. The molecule has 5 rings (SSSR count). The molecule has 3 aromatic rings. The minimum Gasteiger partial charge on any atom is -0.457 e. The molecule has 3 N–H and O–H groups in total. The Labute approximate surface area is 188 Å². The number of benzene rings is 3. The van der Waals surface area contributed by atoms with Gasteiger partial charge in [0.2, 0.25) is 5.91 Å². The minimum absolute atomic E-state index is 0.133. The number of nitrogens with zero attached hydrogens (tertiary/aromatic N) is 1. The quantitative estimate of drug-likeness (QED) is 0.614. The van der Waals surface area contributed by atoms with Crippen LogP contribution < -0.4 is 10.5 Å². The summed E-state index contributed by atoms with van der Waals surface area (Å²) in [5.41, 5.74) is 7.03. The summed E-state index contributed by atoms with van der Waals surface area (Å²) in [6.07, 6.45) is 1.96. The second kappa shape index (κ2) is 8.41. The number of nitrogens with two attached hydrogens (primary N) is 1. The number of hydrogen-bond donors (Lipinski definition) is 2. The lowest BCUT2D eigenvalue weighted by molar-refractivity contribution is -0.0914. The van der Waals surface area contributed by atoms with Crippen molar-refractivity contribution in [3.05, 3.63) is 95.6 Å². The summed E-state index contributed by atoms with van der Waals surface area (Å²) in [6, 6.07) is 25.2. The molecule has 1 aliphatic carbocycles. The molecule has 2 atom stereocenters. The van der Waals surface area contributed by atoms with Crippen molar-refractivity contribution in [3.8, 4) is 11.5 Å². The molecular weight excluding hydrogens is 400 g/mol. The van der Waals surface area contributed by atoms with Gasteiger partial charge in [-0.3, -0.25) is 9.69 Å². The van der Waals surface area contributed by atoms with Gasteiger partial charge in [-0.15, -0.1) is 0 Å². The average Bonchev–Trinajstić information content (AvgIpc) is 2.97. The SMILES string of the molecule is NC(=O)c1cccc(C2(O)C3CCC2CN(Cc2cccc(Oc4ccccc4)c2)C3)c1. The Bertz CT molecular complexity index is 1100. The number of rotatable bonds is 6. The molecule has 5 nitrogen and oxygen atoms in total. The van der Waals surface area contributed by atoms with Crippen LogP contribution in [0.1, 0.15) is 34.3 Å². The van der Waals surface area contributed by atoms with Gasteiger partial charge in [0.1, 0.15) is 11.5 Å². The van der Waals surface area contributed by atoms with Gasteiger partial charge in [0.15, 0.2) is 0 Å². The van der Waals surface area contributed by atoms with Crippen LogP contribution in [0, 0.1) is 11.8 Å². The van der Waals surface area contributed by atoms with Gasteiger partial charge >= 0.3 is 0 Å². The van der Waals surface area contributed by atoms with Crippen LogP contribution in [0.3, 0.4) is 0 Å². The number of carbonyl (C=O) groups is 1. The first-order valence-corrected chi connectivity index (χ1v) is 11.2. The number of likely N-dealkylation sites (tertiary alicyclic amines) is 1. The average molecular weight is 429 g/mol. The van der Waals surface area contributed by atoms with Gasteiger partial charge < -0.3 is 15.6 Å². The van der Waals surface area contributed by atoms with Gasteiger partial charge in [0.05, 0.1) is 5.60 Å². The highest BCUT2D eigenvalue weighted by atomic mass is 16.5. The highest BCUT2D eigenvalue weighted by Gasteiger charge is 2.53. The lowest BCUT2D eigenvalue weighted by Crippen LogP contribution is -2.51. The molecular formula is C27H28N2O3. The maximum absolute atomic E-state index is 11.7. The Morgan fingerprint density at radius 2 is 1.62 bits per heavy atom. The van der Waals surface area contributed by atoms with Crippen LogP contribution in [-0.4, -0.2) is 29.0 Å². The van der Waals surface area contributed by atoms with Gasteiger partial charge in [0, 0.05) is 37.0 Å². The van der Waals surface area contributed by atoms with Crippen molar-refractivity contribution in [2.24, 2.45) is 17.6 Å². The van der Waals surface area contributed by atoms with E-state index in [0.717, 1.165) is 49.5 Å². The van der Waals surface area contributed by atoms with Crippen molar-refractivity contribution in [1.82, 2.24) is 4.90 Å². The fourth-order valence-electron chi connectivity index (χ4n) is 5.45. The molecule has 164 valence electrons. The van der Waals surface area contributed by atoms with Crippen LogP contribution in [0.2, 0.25) is 0 Å². The first-order chi connectivity index (χ1) is 15.5. The summed E-state index contributed by atoms with van der Waals surface area (Å²) in [5.74, 6) is 1.46. The van der Waals surface area contributed by atoms with E-state index < -0.39 is 11.5 Å². The van der Waals surface area contributed by atoms with Gasteiger partial charge in [-0.05, 0) is 60.4 Å². The van der Waals surface area contributed by atoms with E-state index in [1.165, 1.54) is 5.56 Å². The minimum atomic E-state index is -0.903. The third-order valence-corrected chi connectivity index (χ3v) is 6.96. The molecule has 2 bridgehead atoms. The number of hydrogen-bond acceptors (Lipinski definition) is 4. The molecule has 3 aromatic carbocycles. The molecule has 1 amide bonds. The predicted molar refractivity (Wildman–Crippen MR) is 123 cm³/mol. The highest BCUT2D eigenvalue weighted by molar-refractivity contribution is 5.92. The number of para-hydroxylation sites is 1. The van der Waals surface area contributed by atoms with Gasteiger partial charge in [0.25, 0.3) is 0 Å². The van der Waals surface area contributed by atoms with Crippen LogP contribution in [0.15, 0.2) is 78.9 Å². The number of piperidine rings is 1. The van der Waals surface area contributed by atoms with E-state index in [9.17, 15) is 9.90 Å². The highest BCUT2D eigenvalue weighted by Crippen LogP contribution is 2.51. The van der Waals surface area contributed by atoms with Crippen molar-refractivity contribution in [2.45, 2.75) is 25.0 Å². The summed E-state index contributed by atoms with van der Waals surface area (Å²) in [4.78, 5) is 14.1. The summed E-state index contributed by atoms with van der Waals surface area (Å²) in [7, 11) is 0. The van der Waals surface area contributed by atoms with E-state index in [4.69, 9.17) is 10.5 Å². The molecule has 1 saturated heterocycles. The molecule has 0 spiro atoms. The van der Waals surface area contributed by atoms with E-state index in [1.807, 2.05) is 54.6 Å². The van der Waals surface area contributed by atoms with Crippen molar-refractivity contribution in [1.29, 1.82) is 0 Å². The number of primary amides is 1. The van der Waals surface area contributed by atoms with E-state index in [0.29, 0.717) is 5.56 Å². The van der Waals surface area contributed by atoms with Crippen LogP contribution in [0.25, 0.3) is 0 Å². The van der Waals surface area contributed by atoms with Crippen molar-refractivity contribution >= 4 is 5.91 Å². The maximum Gasteiger partial charge on any atom is 0.248 e.